The summed E-state index contributed by atoms with van der Waals surface area (Å²) >= 11 is 2.06. The van der Waals surface area contributed by atoms with Crippen molar-refractivity contribution in [3.05, 3.63) is 35.4 Å². The van der Waals surface area contributed by atoms with Crippen molar-refractivity contribution in [2.24, 2.45) is 0 Å². The fourth-order valence-corrected chi connectivity index (χ4v) is 3.24. The zero-order chi connectivity index (χ0) is 12.1. The third kappa shape index (κ3) is 4.34. The summed E-state index contributed by atoms with van der Waals surface area (Å²) in [6, 6.07) is 9.45. The Morgan fingerprint density at radius 3 is 3.06 bits per heavy atom. The quantitative estimate of drug-likeness (QED) is 0.881. The van der Waals surface area contributed by atoms with E-state index < -0.39 is 0 Å². The van der Waals surface area contributed by atoms with Gasteiger partial charge in [0.25, 0.3) is 0 Å². The summed E-state index contributed by atoms with van der Waals surface area (Å²) in [4.78, 5) is 2.42. The molecule has 0 bridgehead atoms. The molecule has 17 heavy (non-hydrogen) atoms. The molecule has 0 saturated carbocycles. The molecular weight excluding hydrogens is 228 g/mol. The first-order chi connectivity index (χ1) is 8.24. The first kappa shape index (κ1) is 12.9. The number of nitrogens with one attached hydrogen (secondary N) is 1. The van der Waals surface area contributed by atoms with Crippen LogP contribution in [0.1, 0.15) is 11.1 Å². The zero-order valence-electron chi connectivity index (χ0n) is 10.8. The molecule has 1 atom stereocenters. The van der Waals surface area contributed by atoms with Crippen molar-refractivity contribution >= 4 is 11.8 Å². The Kier molecular flexibility index (Phi) is 4.89. The number of thioether (sulfide) groups is 1. The highest BCUT2D eigenvalue weighted by atomic mass is 32.2. The van der Waals surface area contributed by atoms with Crippen molar-refractivity contribution in [2.45, 2.75) is 19.5 Å². The molecule has 2 nitrogen and oxygen atoms in total. The van der Waals surface area contributed by atoms with Gasteiger partial charge in [0.2, 0.25) is 0 Å². The van der Waals surface area contributed by atoms with Crippen LogP contribution in [-0.4, -0.2) is 42.6 Å². The van der Waals surface area contributed by atoms with Crippen LogP contribution in [0.15, 0.2) is 24.3 Å². The normalized spacial score (nSPS) is 20.8. The highest BCUT2D eigenvalue weighted by Gasteiger charge is 2.14. The van der Waals surface area contributed by atoms with E-state index in [0.717, 1.165) is 19.6 Å². The monoisotopic (exact) mass is 250 g/mol. The number of hydrogen-bond acceptors (Lipinski definition) is 3. The van der Waals surface area contributed by atoms with E-state index in [0.29, 0.717) is 6.04 Å². The molecule has 1 N–H and O–H groups in total. The number of likely N-dealkylation sites (N-methyl/N-ethyl adjacent to an activating group) is 1. The molecule has 1 fully saturated rings. The molecule has 1 aliphatic heterocycles. The first-order valence-electron chi connectivity index (χ1n) is 6.29. The van der Waals surface area contributed by atoms with Gasteiger partial charge in [0.15, 0.2) is 0 Å². The summed E-state index contributed by atoms with van der Waals surface area (Å²) in [7, 11) is 2.21. The Morgan fingerprint density at radius 2 is 2.35 bits per heavy atom. The van der Waals surface area contributed by atoms with Gasteiger partial charge in [-0.2, -0.15) is 11.8 Å². The zero-order valence-corrected chi connectivity index (χ0v) is 11.6. The Morgan fingerprint density at radius 1 is 1.47 bits per heavy atom. The van der Waals surface area contributed by atoms with Crippen molar-refractivity contribution in [1.29, 1.82) is 0 Å². The van der Waals surface area contributed by atoms with Gasteiger partial charge in [-0.25, -0.2) is 0 Å². The Hall–Kier alpha value is -0.510. The molecule has 3 heteroatoms. The lowest BCUT2D eigenvalue weighted by Crippen LogP contribution is -2.44. The molecule has 0 spiro atoms. The predicted molar refractivity (Wildman–Crippen MR) is 76.6 cm³/mol. The van der Waals surface area contributed by atoms with Crippen LogP contribution in [0.4, 0.5) is 0 Å². The van der Waals surface area contributed by atoms with Crippen molar-refractivity contribution < 1.29 is 0 Å². The van der Waals surface area contributed by atoms with E-state index in [1.165, 1.54) is 22.6 Å². The molecule has 94 valence electrons. The fourth-order valence-electron chi connectivity index (χ4n) is 2.30. The molecule has 0 aliphatic carbocycles. The molecule has 0 radical (unpaired) electrons. The minimum Gasteiger partial charge on any atom is -0.311 e. The van der Waals surface area contributed by atoms with Gasteiger partial charge < -0.3 is 10.2 Å². The highest BCUT2D eigenvalue weighted by molar-refractivity contribution is 7.99. The molecule has 1 unspecified atom stereocenters. The van der Waals surface area contributed by atoms with E-state index in [2.05, 4.69) is 60.2 Å². The van der Waals surface area contributed by atoms with Gasteiger partial charge in [-0.05, 0) is 19.5 Å². The lowest BCUT2D eigenvalue weighted by Gasteiger charge is -2.28. The second-order valence-corrected chi connectivity index (χ2v) is 6.06. The summed E-state index contributed by atoms with van der Waals surface area (Å²) in [5.74, 6) is 2.51. The third-order valence-corrected chi connectivity index (χ3v) is 4.20. The molecule has 1 aliphatic rings. The summed E-state index contributed by atoms with van der Waals surface area (Å²) in [5.41, 5.74) is 2.76. The maximum Gasteiger partial charge on any atom is 0.0285 e. The first-order valence-corrected chi connectivity index (χ1v) is 7.45. The van der Waals surface area contributed by atoms with Crippen LogP contribution in [0.5, 0.6) is 0 Å². The molecule has 1 aromatic carbocycles. The van der Waals surface area contributed by atoms with Gasteiger partial charge in [0.1, 0.15) is 0 Å². The topological polar surface area (TPSA) is 15.3 Å². The van der Waals surface area contributed by atoms with E-state index in [-0.39, 0.29) is 0 Å². The van der Waals surface area contributed by atoms with Gasteiger partial charge in [-0.3, -0.25) is 0 Å². The second kappa shape index (κ2) is 6.43. The second-order valence-electron chi connectivity index (χ2n) is 4.91. The average Bonchev–Trinajstić information content (AvgIpc) is 2.30. The van der Waals surface area contributed by atoms with Gasteiger partial charge in [-0.1, -0.05) is 29.8 Å². The van der Waals surface area contributed by atoms with E-state index in [1.54, 1.807) is 0 Å². The van der Waals surface area contributed by atoms with Crippen molar-refractivity contribution in [2.75, 3.05) is 31.6 Å². The number of rotatable bonds is 4. The maximum atomic E-state index is 3.58. The summed E-state index contributed by atoms with van der Waals surface area (Å²) in [6.45, 7) is 5.50. The number of aryl methyl sites for hydroxylation is 1. The minimum absolute atomic E-state index is 0.656. The molecule has 1 saturated heterocycles. The fraction of sp³-hybridized carbons (Fsp3) is 0.571. The molecule has 1 heterocycles. The van der Waals surface area contributed by atoms with E-state index in [9.17, 15) is 0 Å². The van der Waals surface area contributed by atoms with E-state index in [4.69, 9.17) is 0 Å². The van der Waals surface area contributed by atoms with Crippen LogP contribution < -0.4 is 5.32 Å². The van der Waals surface area contributed by atoms with Gasteiger partial charge in [0, 0.05) is 37.2 Å². The Bertz CT molecular complexity index is 348. The SMILES string of the molecule is Cc1cccc(CN(C)CC2CSCCN2)c1. The highest BCUT2D eigenvalue weighted by Crippen LogP contribution is 2.11. The van der Waals surface area contributed by atoms with Crippen molar-refractivity contribution in [3.8, 4) is 0 Å². The summed E-state index contributed by atoms with van der Waals surface area (Å²) in [6.07, 6.45) is 0. The smallest absolute Gasteiger partial charge is 0.0285 e. The van der Waals surface area contributed by atoms with Crippen LogP contribution in [0.2, 0.25) is 0 Å². The van der Waals surface area contributed by atoms with Crippen LogP contribution in [0.25, 0.3) is 0 Å². The lowest BCUT2D eigenvalue weighted by molar-refractivity contribution is 0.292. The largest absolute Gasteiger partial charge is 0.311 e. The van der Waals surface area contributed by atoms with Crippen LogP contribution >= 0.6 is 11.8 Å². The average molecular weight is 250 g/mol. The standard InChI is InChI=1S/C14H22N2S/c1-12-4-3-5-13(8-12)9-16(2)10-14-11-17-7-6-15-14/h3-5,8,14-15H,6-7,9-11H2,1-2H3. The van der Waals surface area contributed by atoms with E-state index in [1.807, 2.05) is 0 Å². The van der Waals surface area contributed by atoms with Crippen molar-refractivity contribution in [3.63, 3.8) is 0 Å². The van der Waals surface area contributed by atoms with Gasteiger partial charge >= 0.3 is 0 Å². The Labute approximate surface area is 109 Å². The van der Waals surface area contributed by atoms with Crippen molar-refractivity contribution in [1.82, 2.24) is 10.2 Å². The number of hydrogen-bond donors (Lipinski definition) is 1. The van der Waals surface area contributed by atoms with Crippen LogP contribution in [0.3, 0.4) is 0 Å². The van der Waals surface area contributed by atoms with Gasteiger partial charge in [0.05, 0.1) is 0 Å². The molecule has 1 aromatic rings. The van der Waals surface area contributed by atoms with Gasteiger partial charge in [-0.15, -0.1) is 0 Å². The molecule has 0 amide bonds. The lowest BCUT2D eigenvalue weighted by atomic mass is 10.1. The third-order valence-electron chi connectivity index (χ3n) is 3.07. The summed E-state index contributed by atoms with van der Waals surface area (Å²) in [5, 5.41) is 3.58. The van der Waals surface area contributed by atoms with Crippen LogP contribution in [-0.2, 0) is 6.54 Å². The summed E-state index contributed by atoms with van der Waals surface area (Å²) < 4.78 is 0. The maximum absolute atomic E-state index is 3.58. The predicted octanol–water partition coefficient (Wildman–Crippen LogP) is 2.13. The molecule has 0 aromatic heterocycles. The minimum atomic E-state index is 0.656. The number of nitrogens with zero attached hydrogens (tertiary/aromatic N) is 1. The number of benzene rings is 1. The van der Waals surface area contributed by atoms with E-state index >= 15 is 0 Å². The molecular formula is C14H22N2S. The van der Waals surface area contributed by atoms with Crippen LogP contribution in [0, 0.1) is 6.92 Å². The Balaban J connectivity index is 1.82. The molecule has 2 rings (SSSR count).